The second-order valence-corrected chi connectivity index (χ2v) is 4.24. The van der Waals surface area contributed by atoms with Crippen LogP contribution in [0.5, 0.6) is 0 Å². The molecule has 1 unspecified atom stereocenters. The van der Waals surface area contributed by atoms with Crippen LogP contribution in [0.3, 0.4) is 0 Å². The van der Waals surface area contributed by atoms with E-state index in [1.165, 1.54) is 0 Å². The van der Waals surface area contributed by atoms with Gasteiger partial charge in [-0.15, -0.1) is 0 Å². The Morgan fingerprint density at radius 1 is 1.62 bits per heavy atom. The van der Waals surface area contributed by atoms with E-state index in [0.29, 0.717) is 24.3 Å². The number of carbonyl (C=O) groups is 1. The lowest BCUT2D eigenvalue weighted by Crippen LogP contribution is -2.52. The van der Waals surface area contributed by atoms with E-state index in [1.807, 2.05) is 4.90 Å². The number of carbonyl (C=O) groups excluding carboxylic acids is 1. The van der Waals surface area contributed by atoms with Gasteiger partial charge >= 0.3 is 0 Å². The fraction of sp³-hybridized carbons (Fsp3) is 0.900. The molecule has 0 radical (unpaired) electrons. The highest BCUT2D eigenvalue weighted by atomic mass is 16.2. The van der Waals surface area contributed by atoms with Gasteiger partial charge in [0.1, 0.15) is 0 Å². The summed E-state index contributed by atoms with van der Waals surface area (Å²) in [6.45, 7) is 9.02. The number of nitrogens with zero attached hydrogens (tertiary/aromatic N) is 1. The molecule has 1 saturated heterocycles. The summed E-state index contributed by atoms with van der Waals surface area (Å²) >= 11 is 0. The second-order valence-electron chi connectivity index (χ2n) is 4.24. The van der Waals surface area contributed by atoms with E-state index in [-0.39, 0.29) is 0 Å². The van der Waals surface area contributed by atoms with Crippen LogP contribution in [0.25, 0.3) is 0 Å². The summed E-state index contributed by atoms with van der Waals surface area (Å²) in [5.74, 6) is 0.776. The Morgan fingerprint density at radius 3 is 2.85 bits per heavy atom. The van der Waals surface area contributed by atoms with E-state index >= 15 is 0 Å². The van der Waals surface area contributed by atoms with Crippen molar-refractivity contribution < 1.29 is 4.79 Å². The Bertz CT molecular complexity index is 180. The molecule has 0 aromatic heterocycles. The van der Waals surface area contributed by atoms with Crippen LogP contribution < -0.4 is 5.32 Å². The lowest BCUT2D eigenvalue weighted by Gasteiger charge is -2.34. The van der Waals surface area contributed by atoms with Crippen molar-refractivity contribution in [2.45, 2.75) is 33.2 Å². The van der Waals surface area contributed by atoms with Crippen molar-refractivity contribution >= 4 is 5.91 Å². The third kappa shape index (κ3) is 2.99. The van der Waals surface area contributed by atoms with Crippen LogP contribution in [0.2, 0.25) is 0 Å². The Labute approximate surface area is 80.5 Å². The maximum absolute atomic E-state index is 11.7. The lowest BCUT2D eigenvalue weighted by molar-refractivity contribution is -0.134. The highest BCUT2D eigenvalue weighted by Gasteiger charge is 2.22. The Balaban J connectivity index is 2.44. The van der Waals surface area contributed by atoms with Crippen LogP contribution in [0.1, 0.15) is 27.2 Å². The molecule has 3 nitrogen and oxygen atoms in total. The minimum atomic E-state index is 0.309. The van der Waals surface area contributed by atoms with Gasteiger partial charge in [0.05, 0.1) is 0 Å². The summed E-state index contributed by atoms with van der Waals surface area (Å²) in [6.07, 6.45) is 0.685. The van der Waals surface area contributed by atoms with Gasteiger partial charge in [0.15, 0.2) is 0 Å². The van der Waals surface area contributed by atoms with Crippen molar-refractivity contribution in [2.24, 2.45) is 5.92 Å². The number of hydrogen-bond acceptors (Lipinski definition) is 2. The third-order valence-electron chi connectivity index (χ3n) is 2.40. The standard InChI is InChI=1S/C10H20N2O/c1-8(2)6-10(13)12-5-4-11-7-9(12)3/h8-9,11H,4-7H2,1-3H3. The predicted octanol–water partition coefficient (Wildman–Crippen LogP) is 0.853. The van der Waals surface area contributed by atoms with Crippen LogP contribution in [0.15, 0.2) is 0 Å². The van der Waals surface area contributed by atoms with Crippen molar-refractivity contribution in [1.82, 2.24) is 10.2 Å². The van der Waals surface area contributed by atoms with Gasteiger partial charge in [-0.3, -0.25) is 4.79 Å². The first-order valence-corrected chi connectivity index (χ1v) is 5.11. The van der Waals surface area contributed by atoms with Gasteiger partial charge in [-0.25, -0.2) is 0 Å². The largest absolute Gasteiger partial charge is 0.337 e. The summed E-state index contributed by atoms with van der Waals surface area (Å²) < 4.78 is 0. The van der Waals surface area contributed by atoms with Gasteiger partial charge in [0.25, 0.3) is 0 Å². The highest BCUT2D eigenvalue weighted by Crippen LogP contribution is 2.09. The van der Waals surface area contributed by atoms with E-state index in [4.69, 9.17) is 0 Å². The van der Waals surface area contributed by atoms with E-state index < -0.39 is 0 Å². The lowest BCUT2D eigenvalue weighted by atomic mass is 10.1. The molecule has 0 aromatic rings. The molecule has 0 aromatic carbocycles. The summed E-state index contributed by atoms with van der Waals surface area (Å²) in [5, 5.41) is 3.28. The zero-order valence-corrected chi connectivity index (χ0v) is 8.84. The molecule has 13 heavy (non-hydrogen) atoms. The maximum Gasteiger partial charge on any atom is 0.223 e. The topological polar surface area (TPSA) is 32.3 Å². The van der Waals surface area contributed by atoms with Crippen LogP contribution in [-0.4, -0.2) is 36.5 Å². The normalized spacial score (nSPS) is 23.7. The van der Waals surface area contributed by atoms with Gasteiger partial charge in [-0.05, 0) is 12.8 Å². The van der Waals surface area contributed by atoms with Crippen molar-refractivity contribution in [3.63, 3.8) is 0 Å². The molecule has 1 aliphatic heterocycles. The number of piperazine rings is 1. The SMILES string of the molecule is CC(C)CC(=O)N1CCNCC1C. The van der Waals surface area contributed by atoms with Crippen LogP contribution in [0.4, 0.5) is 0 Å². The quantitative estimate of drug-likeness (QED) is 0.690. The molecule has 1 heterocycles. The highest BCUT2D eigenvalue weighted by molar-refractivity contribution is 5.76. The van der Waals surface area contributed by atoms with E-state index in [2.05, 4.69) is 26.1 Å². The molecular formula is C10H20N2O. The Kier molecular flexibility index (Phi) is 3.72. The second kappa shape index (κ2) is 4.61. The first-order chi connectivity index (χ1) is 6.11. The van der Waals surface area contributed by atoms with Gasteiger partial charge in [0, 0.05) is 32.1 Å². The molecule has 0 aliphatic carbocycles. The minimum absolute atomic E-state index is 0.309. The molecule has 1 amide bonds. The molecule has 1 rings (SSSR count). The average Bonchev–Trinajstić information content (AvgIpc) is 2.03. The molecule has 1 N–H and O–H groups in total. The summed E-state index contributed by atoms with van der Waals surface area (Å²) in [7, 11) is 0. The molecule has 0 spiro atoms. The predicted molar refractivity (Wildman–Crippen MR) is 53.5 cm³/mol. The van der Waals surface area contributed by atoms with Gasteiger partial charge in [-0.1, -0.05) is 13.8 Å². The van der Waals surface area contributed by atoms with Crippen molar-refractivity contribution in [3.05, 3.63) is 0 Å². The van der Waals surface area contributed by atoms with E-state index in [0.717, 1.165) is 19.6 Å². The number of rotatable bonds is 2. The fourth-order valence-corrected chi connectivity index (χ4v) is 1.68. The van der Waals surface area contributed by atoms with Crippen LogP contribution in [0, 0.1) is 5.92 Å². The van der Waals surface area contributed by atoms with Crippen molar-refractivity contribution in [3.8, 4) is 0 Å². The van der Waals surface area contributed by atoms with Crippen molar-refractivity contribution in [2.75, 3.05) is 19.6 Å². The fourth-order valence-electron chi connectivity index (χ4n) is 1.68. The number of hydrogen-bond donors (Lipinski definition) is 1. The maximum atomic E-state index is 11.7. The Hall–Kier alpha value is -0.570. The first kappa shape index (κ1) is 10.5. The molecule has 3 heteroatoms. The molecule has 1 fully saturated rings. The Morgan fingerprint density at radius 2 is 2.31 bits per heavy atom. The molecule has 0 saturated carbocycles. The zero-order chi connectivity index (χ0) is 9.84. The molecule has 1 aliphatic rings. The van der Waals surface area contributed by atoms with E-state index in [9.17, 15) is 4.79 Å². The van der Waals surface area contributed by atoms with Crippen molar-refractivity contribution in [1.29, 1.82) is 0 Å². The van der Waals surface area contributed by atoms with Crippen LogP contribution >= 0.6 is 0 Å². The zero-order valence-electron chi connectivity index (χ0n) is 8.84. The first-order valence-electron chi connectivity index (χ1n) is 5.11. The molecule has 0 bridgehead atoms. The monoisotopic (exact) mass is 184 g/mol. The molecule has 76 valence electrons. The van der Waals surface area contributed by atoms with E-state index in [1.54, 1.807) is 0 Å². The van der Waals surface area contributed by atoms with Gasteiger partial charge in [0.2, 0.25) is 5.91 Å². The van der Waals surface area contributed by atoms with Gasteiger partial charge in [-0.2, -0.15) is 0 Å². The minimum Gasteiger partial charge on any atom is -0.337 e. The van der Waals surface area contributed by atoms with Gasteiger partial charge < -0.3 is 10.2 Å². The third-order valence-corrected chi connectivity index (χ3v) is 2.40. The van der Waals surface area contributed by atoms with Crippen LogP contribution in [-0.2, 0) is 4.79 Å². The molecule has 1 atom stereocenters. The summed E-state index contributed by atoms with van der Waals surface area (Å²) in [4.78, 5) is 13.7. The smallest absolute Gasteiger partial charge is 0.223 e. The number of nitrogens with one attached hydrogen (secondary N) is 1. The summed E-state index contributed by atoms with van der Waals surface area (Å²) in [5.41, 5.74) is 0. The molecular weight excluding hydrogens is 164 g/mol. The summed E-state index contributed by atoms with van der Waals surface area (Å²) in [6, 6.07) is 0.361. The average molecular weight is 184 g/mol. The number of amides is 1.